The van der Waals surface area contributed by atoms with Gasteiger partial charge in [0, 0.05) is 28.7 Å². The first-order chi connectivity index (χ1) is 12.8. The van der Waals surface area contributed by atoms with E-state index in [0.717, 1.165) is 24.0 Å². The van der Waals surface area contributed by atoms with Crippen LogP contribution in [-0.4, -0.2) is 39.1 Å². The highest BCUT2D eigenvalue weighted by Gasteiger charge is 2.23. The first-order valence-corrected chi connectivity index (χ1v) is 11.3. The second-order valence-electron chi connectivity index (χ2n) is 6.47. The van der Waals surface area contributed by atoms with Crippen molar-refractivity contribution in [1.82, 2.24) is 10.0 Å². The fraction of sp³-hybridized carbons (Fsp3) is 0.333. The molecular weight excluding hydrogens is 386 g/mol. The molecule has 1 aromatic heterocycles. The molecule has 1 aliphatic carbocycles. The summed E-state index contributed by atoms with van der Waals surface area (Å²) < 4.78 is 24.6. The third-order valence-electron chi connectivity index (χ3n) is 3.92. The summed E-state index contributed by atoms with van der Waals surface area (Å²) in [5.74, 6) is -0.396. The summed E-state index contributed by atoms with van der Waals surface area (Å²) in [6.45, 7) is 0.290. The Labute approximate surface area is 162 Å². The Bertz CT molecular complexity index is 949. The third-order valence-corrected chi connectivity index (χ3v) is 5.79. The van der Waals surface area contributed by atoms with Gasteiger partial charge in [-0.2, -0.15) is 0 Å². The molecular formula is C18H21N3O4S2. The fourth-order valence-electron chi connectivity index (χ4n) is 2.42. The molecule has 2 aromatic rings. The van der Waals surface area contributed by atoms with Crippen molar-refractivity contribution >= 4 is 38.9 Å². The first kappa shape index (κ1) is 19.5. The standard InChI is InChI=1S/C18H21N3O4S2/c1-27(24,25)19-10-9-15-7-8-16(26-15)18(23)21-14-4-2-3-12(11-14)17(22)20-13-5-6-13/h2-4,7-8,11,13,19H,5-6,9-10H2,1H3,(H,20,22)(H,21,23). The number of anilines is 1. The quantitative estimate of drug-likeness (QED) is 0.622. The number of carbonyl (C=O) groups is 2. The molecule has 9 heteroatoms. The molecule has 2 amide bonds. The van der Waals surface area contributed by atoms with Gasteiger partial charge in [0.05, 0.1) is 11.1 Å². The highest BCUT2D eigenvalue weighted by atomic mass is 32.2. The topological polar surface area (TPSA) is 104 Å². The van der Waals surface area contributed by atoms with Gasteiger partial charge >= 0.3 is 0 Å². The second kappa shape index (κ2) is 8.20. The zero-order chi connectivity index (χ0) is 19.4. The minimum atomic E-state index is -3.22. The van der Waals surface area contributed by atoms with Crippen molar-refractivity contribution in [3.05, 3.63) is 51.7 Å². The molecule has 1 fully saturated rings. The Morgan fingerprint density at radius 1 is 1.15 bits per heavy atom. The molecule has 7 nitrogen and oxygen atoms in total. The summed E-state index contributed by atoms with van der Waals surface area (Å²) in [5.41, 5.74) is 1.07. The number of benzene rings is 1. The van der Waals surface area contributed by atoms with Crippen molar-refractivity contribution in [2.45, 2.75) is 25.3 Å². The molecule has 1 heterocycles. The van der Waals surface area contributed by atoms with Crippen LogP contribution in [0.25, 0.3) is 0 Å². The Morgan fingerprint density at radius 3 is 2.63 bits per heavy atom. The number of thiophene rings is 1. The predicted molar refractivity (Wildman–Crippen MR) is 106 cm³/mol. The molecule has 1 saturated carbocycles. The van der Waals surface area contributed by atoms with Gasteiger partial charge in [0.2, 0.25) is 10.0 Å². The summed E-state index contributed by atoms with van der Waals surface area (Å²) in [5, 5.41) is 5.71. The number of rotatable bonds is 8. The molecule has 0 unspecified atom stereocenters. The molecule has 0 radical (unpaired) electrons. The average molecular weight is 408 g/mol. The predicted octanol–water partition coefficient (Wildman–Crippen LogP) is 1.98. The van der Waals surface area contributed by atoms with Crippen LogP contribution in [-0.2, 0) is 16.4 Å². The summed E-state index contributed by atoms with van der Waals surface area (Å²) in [4.78, 5) is 26.0. The monoisotopic (exact) mass is 407 g/mol. The number of amides is 2. The lowest BCUT2D eigenvalue weighted by atomic mass is 10.2. The summed E-state index contributed by atoms with van der Waals surface area (Å²) in [7, 11) is -3.22. The molecule has 0 bridgehead atoms. The lowest BCUT2D eigenvalue weighted by Crippen LogP contribution is -2.25. The molecule has 0 spiro atoms. The number of carbonyl (C=O) groups excluding carboxylic acids is 2. The van der Waals surface area contributed by atoms with Gasteiger partial charge in [0.15, 0.2) is 0 Å². The summed E-state index contributed by atoms with van der Waals surface area (Å²) in [6.07, 6.45) is 3.66. The van der Waals surface area contributed by atoms with E-state index in [2.05, 4.69) is 15.4 Å². The van der Waals surface area contributed by atoms with Crippen LogP contribution in [0.15, 0.2) is 36.4 Å². The molecule has 0 saturated heterocycles. The van der Waals surface area contributed by atoms with E-state index in [-0.39, 0.29) is 17.9 Å². The number of hydrogen-bond donors (Lipinski definition) is 3. The van der Waals surface area contributed by atoms with E-state index >= 15 is 0 Å². The van der Waals surface area contributed by atoms with E-state index < -0.39 is 10.0 Å². The highest BCUT2D eigenvalue weighted by molar-refractivity contribution is 7.88. The van der Waals surface area contributed by atoms with Crippen LogP contribution in [0.5, 0.6) is 0 Å². The van der Waals surface area contributed by atoms with Gasteiger partial charge in [0.1, 0.15) is 0 Å². The fourth-order valence-corrected chi connectivity index (χ4v) is 3.80. The maximum absolute atomic E-state index is 12.4. The molecule has 3 rings (SSSR count). The van der Waals surface area contributed by atoms with Crippen molar-refractivity contribution in [2.75, 3.05) is 18.1 Å². The zero-order valence-electron chi connectivity index (χ0n) is 14.8. The molecule has 144 valence electrons. The van der Waals surface area contributed by atoms with Gasteiger partial charge in [-0.1, -0.05) is 6.07 Å². The van der Waals surface area contributed by atoms with Crippen LogP contribution >= 0.6 is 11.3 Å². The van der Waals surface area contributed by atoms with E-state index in [1.165, 1.54) is 11.3 Å². The van der Waals surface area contributed by atoms with E-state index in [9.17, 15) is 18.0 Å². The Hall–Kier alpha value is -2.23. The van der Waals surface area contributed by atoms with Crippen molar-refractivity contribution in [3.63, 3.8) is 0 Å². The summed E-state index contributed by atoms with van der Waals surface area (Å²) in [6, 6.07) is 10.6. The Morgan fingerprint density at radius 2 is 1.93 bits per heavy atom. The van der Waals surface area contributed by atoms with Gasteiger partial charge in [-0.05, 0) is 49.6 Å². The minimum Gasteiger partial charge on any atom is -0.349 e. The van der Waals surface area contributed by atoms with Crippen LogP contribution in [0.3, 0.4) is 0 Å². The zero-order valence-corrected chi connectivity index (χ0v) is 16.5. The van der Waals surface area contributed by atoms with Crippen molar-refractivity contribution < 1.29 is 18.0 Å². The highest BCUT2D eigenvalue weighted by Crippen LogP contribution is 2.21. The molecule has 0 atom stereocenters. The summed E-state index contributed by atoms with van der Waals surface area (Å²) >= 11 is 1.31. The maximum Gasteiger partial charge on any atom is 0.265 e. The third kappa shape index (κ3) is 6.16. The molecule has 3 N–H and O–H groups in total. The smallest absolute Gasteiger partial charge is 0.265 e. The van der Waals surface area contributed by atoms with Gasteiger partial charge in [-0.25, -0.2) is 13.1 Å². The van der Waals surface area contributed by atoms with Crippen molar-refractivity contribution in [3.8, 4) is 0 Å². The molecule has 1 aromatic carbocycles. The molecule has 1 aliphatic rings. The van der Waals surface area contributed by atoms with E-state index in [0.29, 0.717) is 29.1 Å². The number of sulfonamides is 1. The average Bonchev–Trinajstić information content (AvgIpc) is 3.28. The lowest BCUT2D eigenvalue weighted by Gasteiger charge is -2.07. The normalized spacial score (nSPS) is 14.0. The molecule has 27 heavy (non-hydrogen) atoms. The Balaban J connectivity index is 1.58. The van der Waals surface area contributed by atoms with Crippen LogP contribution in [0.4, 0.5) is 5.69 Å². The number of hydrogen-bond acceptors (Lipinski definition) is 5. The molecule has 0 aliphatic heterocycles. The van der Waals surface area contributed by atoms with E-state index in [4.69, 9.17) is 0 Å². The van der Waals surface area contributed by atoms with Gasteiger partial charge < -0.3 is 10.6 Å². The largest absolute Gasteiger partial charge is 0.349 e. The van der Waals surface area contributed by atoms with Gasteiger partial charge in [-0.3, -0.25) is 9.59 Å². The van der Waals surface area contributed by atoms with Crippen molar-refractivity contribution in [2.24, 2.45) is 0 Å². The van der Waals surface area contributed by atoms with Crippen molar-refractivity contribution in [1.29, 1.82) is 0 Å². The van der Waals surface area contributed by atoms with E-state index in [1.54, 1.807) is 30.3 Å². The van der Waals surface area contributed by atoms with Gasteiger partial charge in [0.25, 0.3) is 11.8 Å². The lowest BCUT2D eigenvalue weighted by molar-refractivity contribution is 0.0949. The van der Waals surface area contributed by atoms with Crippen LogP contribution in [0, 0.1) is 0 Å². The van der Waals surface area contributed by atoms with Crippen LogP contribution in [0.2, 0.25) is 0 Å². The minimum absolute atomic E-state index is 0.134. The SMILES string of the molecule is CS(=O)(=O)NCCc1ccc(C(=O)Nc2cccc(C(=O)NC3CC3)c2)s1. The second-order valence-corrected chi connectivity index (χ2v) is 9.47. The Kier molecular flexibility index (Phi) is 5.93. The number of nitrogens with one attached hydrogen (secondary N) is 3. The first-order valence-electron chi connectivity index (χ1n) is 8.56. The van der Waals surface area contributed by atoms with Gasteiger partial charge in [-0.15, -0.1) is 11.3 Å². The van der Waals surface area contributed by atoms with E-state index in [1.807, 2.05) is 6.07 Å². The van der Waals surface area contributed by atoms with Crippen LogP contribution in [0.1, 0.15) is 37.7 Å². The van der Waals surface area contributed by atoms with Crippen LogP contribution < -0.4 is 15.4 Å². The maximum atomic E-state index is 12.4.